The van der Waals surface area contributed by atoms with Crippen LogP contribution in [0.15, 0.2) is 47.7 Å². The SMILES string of the molecule is CC1=C(C(=O)Nc2ccc(C)c(C)c2)C(c2ccc(Cl)c([N+](=O)[O-])c2)NC(=O)N1. The minimum Gasteiger partial charge on any atom is -0.327 e. The van der Waals surface area contributed by atoms with Crippen LogP contribution in [0.5, 0.6) is 0 Å². The Morgan fingerprint density at radius 3 is 2.52 bits per heavy atom. The van der Waals surface area contributed by atoms with Gasteiger partial charge in [-0.1, -0.05) is 23.7 Å². The quantitative estimate of drug-likeness (QED) is 0.515. The normalized spacial score (nSPS) is 16.1. The molecule has 9 heteroatoms. The van der Waals surface area contributed by atoms with Crippen molar-refractivity contribution in [3.63, 3.8) is 0 Å². The molecule has 3 amide bonds. The van der Waals surface area contributed by atoms with Gasteiger partial charge in [-0.25, -0.2) is 4.79 Å². The van der Waals surface area contributed by atoms with Crippen LogP contribution in [-0.2, 0) is 4.79 Å². The molecule has 3 rings (SSSR count). The van der Waals surface area contributed by atoms with E-state index >= 15 is 0 Å². The Kier molecular flexibility index (Phi) is 5.56. The number of carbonyl (C=O) groups is 2. The van der Waals surface area contributed by atoms with Crippen LogP contribution in [0.2, 0.25) is 5.02 Å². The number of benzene rings is 2. The van der Waals surface area contributed by atoms with E-state index < -0.39 is 22.9 Å². The van der Waals surface area contributed by atoms with Gasteiger partial charge in [0, 0.05) is 17.5 Å². The molecule has 0 saturated heterocycles. The zero-order valence-electron chi connectivity index (χ0n) is 16.0. The first-order chi connectivity index (χ1) is 13.7. The topological polar surface area (TPSA) is 113 Å². The summed E-state index contributed by atoms with van der Waals surface area (Å²) in [5.74, 6) is -0.430. The highest BCUT2D eigenvalue weighted by molar-refractivity contribution is 6.32. The van der Waals surface area contributed by atoms with Gasteiger partial charge >= 0.3 is 6.03 Å². The summed E-state index contributed by atoms with van der Waals surface area (Å²) < 4.78 is 0. The summed E-state index contributed by atoms with van der Waals surface area (Å²) in [6.07, 6.45) is 0. The monoisotopic (exact) mass is 414 g/mol. The third kappa shape index (κ3) is 4.22. The zero-order valence-corrected chi connectivity index (χ0v) is 16.8. The second-order valence-corrected chi connectivity index (χ2v) is 7.20. The molecular weight excluding hydrogens is 396 g/mol. The van der Waals surface area contributed by atoms with Crippen LogP contribution in [0.4, 0.5) is 16.2 Å². The van der Waals surface area contributed by atoms with Gasteiger partial charge in [0.15, 0.2) is 0 Å². The maximum atomic E-state index is 13.0. The highest BCUT2D eigenvalue weighted by atomic mass is 35.5. The minimum atomic E-state index is -0.869. The van der Waals surface area contributed by atoms with Crippen molar-refractivity contribution in [3.8, 4) is 0 Å². The summed E-state index contributed by atoms with van der Waals surface area (Å²) >= 11 is 5.89. The smallest absolute Gasteiger partial charge is 0.319 e. The molecule has 0 aromatic heterocycles. The van der Waals surface area contributed by atoms with Gasteiger partial charge in [0.05, 0.1) is 16.5 Å². The molecule has 0 spiro atoms. The van der Waals surface area contributed by atoms with Crippen LogP contribution in [0.25, 0.3) is 0 Å². The number of hydrogen-bond donors (Lipinski definition) is 3. The van der Waals surface area contributed by atoms with Gasteiger partial charge < -0.3 is 16.0 Å². The molecule has 0 aliphatic carbocycles. The van der Waals surface area contributed by atoms with Crippen LogP contribution < -0.4 is 16.0 Å². The fourth-order valence-electron chi connectivity index (χ4n) is 3.11. The van der Waals surface area contributed by atoms with E-state index in [1.54, 1.807) is 19.1 Å². The molecule has 1 unspecified atom stereocenters. The molecule has 29 heavy (non-hydrogen) atoms. The van der Waals surface area contributed by atoms with Crippen LogP contribution in [0, 0.1) is 24.0 Å². The molecule has 1 heterocycles. The number of nitrogens with one attached hydrogen (secondary N) is 3. The van der Waals surface area contributed by atoms with Gasteiger partial charge in [-0.15, -0.1) is 0 Å². The fraction of sp³-hybridized carbons (Fsp3) is 0.200. The number of carbonyl (C=O) groups excluding carboxylic acids is 2. The molecule has 1 atom stereocenters. The fourth-order valence-corrected chi connectivity index (χ4v) is 3.30. The summed E-state index contributed by atoms with van der Waals surface area (Å²) in [6, 6.07) is 8.33. The van der Waals surface area contributed by atoms with E-state index in [4.69, 9.17) is 11.6 Å². The average Bonchev–Trinajstić information content (AvgIpc) is 2.64. The summed E-state index contributed by atoms with van der Waals surface area (Å²) in [5, 5.41) is 19.3. The molecule has 0 saturated carbocycles. The minimum absolute atomic E-state index is 0.0270. The lowest BCUT2D eigenvalue weighted by molar-refractivity contribution is -0.384. The van der Waals surface area contributed by atoms with Crippen LogP contribution >= 0.6 is 11.6 Å². The number of urea groups is 1. The van der Waals surface area contributed by atoms with E-state index in [0.717, 1.165) is 11.1 Å². The van der Waals surface area contributed by atoms with Crippen molar-refractivity contribution in [2.24, 2.45) is 0 Å². The Hall–Kier alpha value is -3.39. The lowest BCUT2D eigenvalue weighted by Gasteiger charge is -2.28. The number of nitro groups is 1. The molecule has 0 radical (unpaired) electrons. The molecule has 0 fully saturated rings. The van der Waals surface area contributed by atoms with Crippen molar-refractivity contribution in [3.05, 3.63) is 79.5 Å². The first-order valence-electron chi connectivity index (χ1n) is 8.78. The number of nitrogens with zero attached hydrogens (tertiary/aromatic N) is 1. The van der Waals surface area contributed by atoms with Crippen molar-refractivity contribution in [1.29, 1.82) is 0 Å². The lowest BCUT2D eigenvalue weighted by Crippen LogP contribution is -2.46. The van der Waals surface area contributed by atoms with E-state index in [-0.39, 0.29) is 16.3 Å². The first-order valence-corrected chi connectivity index (χ1v) is 9.16. The van der Waals surface area contributed by atoms with E-state index in [0.29, 0.717) is 16.9 Å². The van der Waals surface area contributed by atoms with Crippen LogP contribution in [0.1, 0.15) is 29.7 Å². The van der Waals surface area contributed by atoms with E-state index in [1.165, 1.54) is 12.1 Å². The van der Waals surface area contributed by atoms with E-state index in [2.05, 4.69) is 16.0 Å². The van der Waals surface area contributed by atoms with Gasteiger partial charge in [-0.05, 0) is 55.7 Å². The number of nitro benzene ring substituents is 1. The number of allylic oxidation sites excluding steroid dienone is 1. The Balaban J connectivity index is 2.00. The standard InChI is InChI=1S/C20H19ClN4O4/c1-10-4-6-14(8-11(10)2)23-19(26)17-12(3)22-20(27)24-18(17)13-5-7-15(21)16(9-13)25(28)29/h4-9,18H,1-3H3,(H,23,26)(H2,22,24,27). The Labute approximate surface area is 172 Å². The summed E-state index contributed by atoms with van der Waals surface area (Å²) in [5.41, 5.74) is 3.40. The molecule has 3 N–H and O–H groups in total. The zero-order chi connectivity index (χ0) is 21.3. The summed E-state index contributed by atoms with van der Waals surface area (Å²) in [4.78, 5) is 35.7. The van der Waals surface area contributed by atoms with Gasteiger partial charge in [-0.3, -0.25) is 14.9 Å². The van der Waals surface area contributed by atoms with Crippen molar-refractivity contribution < 1.29 is 14.5 Å². The molecule has 8 nitrogen and oxygen atoms in total. The summed E-state index contributed by atoms with van der Waals surface area (Å²) in [7, 11) is 0. The maximum Gasteiger partial charge on any atom is 0.319 e. The third-order valence-corrected chi connectivity index (χ3v) is 5.10. The van der Waals surface area contributed by atoms with E-state index in [1.807, 2.05) is 26.0 Å². The largest absolute Gasteiger partial charge is 0.327 e. The van der Waals surface area contributed by atoms with E-state index in [9.17, 15) is 19.7 Å². The average molecular weight is 415 g/mol. The predicted molar refractivity (Wildman–Crippen MR) is 110 cm³/mol. The van der Waals surface area contributed by atoms with Gasteiger partial charge in [0.25, 0.3) is 11.6 Å². The molecule has 2 aromatic carbocycles. The molecule has 1 aliphatic heterocycles. The predicted octanol–water partition coefficient (Wildman–Crippen LogP) is 4.13. The van der Waals surface area contributed by atoms with Crippen molar-refractivity contribution in [1.82, 2.24) is 10.6 Å². The van der Waals surface area contributed by atoms with Gasteiger partial charge in [0.2, 0.25) is 0 Å². The molecule has 2 aromatic rings. The second kappa shape index (κ2) is 7.92. The van der Waals surface area contributed by atoms with Crippen LogP contribution in [-0.4, -0.2) is 16.9 Å². The number of amides is 3. The highest BCUT2D eigenvalue weighted by Crippen LogP contribution is 2.33. The van der Waals surface area contributed by atoms with Gasteiger partial charge in [-0.2, -0.15) is 0 Å². The molecular formula is C20H19ClN4O4. The van der Waals surface area contributed by atoms with Gasteiger partial charge in [0.1, 0.15) is 5.02 Å². The Morgan fingerprint density at radius 2 is 1.86 bits per heavy atom. The lowest BCUT2D eigenvalue weighted by atomic mass is 9.94. The summed E-state index contributed by atoms with van der Waals surface area (Å²) in [6.45, 7) is 5.51. The second-order valence-electron chi connectivity index (χ2n) is 6.79. The number of hydrogen-bond acceptors (Lipinski definition) is 4. The van der Waals surface area contributed by atoms with Crippen molar-refractivity contribution >= 4 is 34.9 Å². The van der Waals surface area contributed by atoms with Crippen molar-refractivity contribution in [2.45, 2.75) is 26.8 Å². The number of aryl methyl sites for hydroxylation is 2. The maximum absolute atomic E-state index is 13.0. The molecule has 0 bridgehead atoms. The van der Waals surface area contributed by atoms with Crippen molar-refractivity contribution in [2.75, 3.05) is 5.32 Å². The number of halogens is 1. The Bertz CT molecular complexity index is 1060. The molecule has 150 valence electrons. The third-order valence-electron chi connectivity index (χ3n) is 4.78. The number of rotatable bonds is 4. The Morgan fingerprint density at radius 1 is 1.14 bits per heavy atom. The highest BCUT2D eigenvalue weighted by Gasteiger charge is 2.32. The van der Waals surface area contributed by atoms with Crippen LogP contribution in [0.3, 0.4) is 0 Å². The first kappa shape index (κ1) is 20.3. The molecule has 1 aliphatic rings. The number of anilines is 1.